The van der Waals surface area contributed by atoms with Gasteiger partial charge in [-0.15, -0.1) is 0 Å². The second-order valence-electron chi connectivity index (χ2n) is 12.6. The molecule has 7 heteroatoms. The lowest BCUT2D eigenvalue weighted by molar-refractivity contribution is -0.956. The van der Waals surface area contributed by atoms with E-state index in [1.165, 1.54) is 50.7 Å². The van der Waals surface area contributed by atoms with Crippen molar-refractivity contribution in [1.82, 2.24) is 0 Å². The largest absolute Gasteiger partial charge is 0.423 e. The van der Waals surface area contributed by atoms with Crippen molar-refractivity contribution in [3.8, 4) is 22.6 Å². The molecule has 0 aromatic heterocycles. The molecule has 2 aliphatic rings. The van der Waals surface area contributed by atoms with Gasteiger partial charge in [0.05, 0.1) is 19.0 Å². The topological polar surface area (TPSA) is 78.9 Å². The molecule has 0 radical (unpaired) electrons. The highest BCUT2D eigenvalue weighted by Crippen LogP contribution is 2.52. The zero-order valence-electron chi connectivity index (χ0n) is 25.6. The molecular weight excluding hydrogens is 518 g/mol. The average molecular weight is 565 g/mol. The number of carbonyl (C=O) groups excluding carboxylic acids is 3. The molecule has 1 heterocycles. The third kappa shape index (κ3) is 6.83. The quantitative estimate of drug-likeness (QED) is 0.119. The monoisotopic (exact) mass is 564 g/mol. The van der Waals surface area contributed by atoms with E-state index in [0.717, 1.165) is 48.9 Å². The minimum Gasteiger partial charge on any atom is -0.423 e. The summed E-state index contributed by atoms with van der Waals surface area (Å²) in [6, 6.07) is 9.94. The molecule has 0 bridgehead atoms. The Hall–Kier alpha value is -3.19. The summed E-state index contributed by atoms with van der Waals surface area (Å²) in [6.07, 6.45) is 9.54. The Morgan fingerprint density at radius 1 is 0.927 bits per heavy atom. The summed E-state index contributed by atoms with van der Waals surface area (Å²) in [5, 5.41) is 0. The third-order valence-corrected chi connectivity index (χ3v) is 8.76. The van der Waals surface area contributed by atoms with Gasteiger partial charge in [-0.3, -0.25) is 18.9 Å². The number of benzene rings is 2. The number of hydrogen-bond donors (Lipinski definition) is 0. The van der Waals surface area contributed by atoms with Gasteiger partial charge >= 0.3 is 17.9 Å². The van der Waals surface area contributed by atoms with Gasteiger partial charge < -0.3 is 14.2 Å². The van der Waals surface area contributed by atoms with Crippen LogP contribution in [0.2, 0.25) is 0 Å². The van der Waals surface area contributed by atoms with Crippen LogP contribution in [0.1, 0.15) is 102 Å². The van der Waals surface area contributed by atoms with Gasteiger partial charge in [0.2, 0.25) is 6.73 Å². The van der Waals surface area contributed by atoms with Crippen LogP contribution in [0.15, 0.2) is 30.3 Å². The van der Waals surface area contributed by atoms with Crippen molar-refractivity contribution < 1.29 is 33.1 Å². The van der Waals surface area contributed by atoms with Crippen LogP contribution >= 0.6 is 0 Å². The lowest BCUT2D eigenvalue weighted by Crippen LogP contribution is -2.54. The Morgan fingerprint density at radius 2 is 1.63 bits per heavy atom. The molecule has 2 aromatic rings. The molecule has 1 aliphatic heterocycles. The summed E-state index contributed by atoms with van der Waals surface area (Å²) < 4.78 is 17.8. The second-order valence-corrected chi connectivity index (χ2v) is 12.6. The predicted octanol–water partition coefficient (Wildman–Crippen LogP) is 7.08. The zero-order valence-corrected chi connectivity index (χ0v) is 25.6. The van der Waals surface area contributed by atoms with Gasteiger partial charge in [-0.1, -0.05) is 69.7 Å². The average Bonchev–Trinajstić information content (AvgIpc) is 2.92. The van der Waals surface area contributed by atoms with Crippen molar-refractivity contribution >= 4 is 17.9 Å². The van der Waals surface area contributed by atoms with Gasteiger partial charge in [-0.05, 0) is 43.0 Å². The number of carbonyl (C=O) groups is 3. The van der Waals surface area contributed by atoms with Crippen molar-refractivity contribution in [1.29, 1.82) is 0 Å². The van der Waals surface area contributed by atoms with Crippen molar-refractivity contribution in [2.24, 2.45) is 5.41 Å². The van der Waals surface area contributed by atoms with Crippen LogP contribution in [0.4, 0.5) is 0 Å². The van der Waals surface area contributed by atoms with Crippen LogP contribution in [0.25, 0.3) is 11.1 Å². The Morgan fingerprint density at radius 3 is 2.34 bits per heavy atom. The van der Waals surface area contributed by atoms with Gasteiger partial charge in [0.15, 0.2) is 11.5 Å². The number of hydrogen-bond acceptors (Lipinski definition) is 6. The van der Waals surface area contributed by atoms with Crippen LogP contribution in [-0.4, -0.2) is 42.7 Å². The van der Waals surface area contributed by atoms with Crippen molar-refractivity contribution in [3.63, 3.8) is 0 Å². The molecular formula is C34H46NO6+. The summed E-state index contributed by atoms with van der Waals surface area (Å²) in [5.74, 6) is -0.580. The SMILES string of the molecule is CCCCCCCCC(C)(C)C(=O)OC[N+]1(C)CCc2cccc3c2[C@@H]1Cc1ccc(OC(C)=O)c(OC(C)=O)c1-3. The van der Waals surface area contributed by atoms with Crippen molar-refractivity contribution in [2.45, 2.75) is 98.4 Å². The van der Waals surface area contributed by atoms with E-state index < -0.39 is 17.4 Å². The molecule has 4 rings (SSSR count). The first-order valence-corrected chi connectivity index (χ1v) is 15.1. The van der Waals surface area contributed by atoms with E-state index in [4.69, 9.17) is 14.2 Å². The molecule has 0 saturated carbocycles. The standard InChI is InChI=1S/C34H46NO6/c1-7-8-9-10-11-12-19-34(4,5)33(38)39-22-35(6)20-18-25-14-13-15-27-30(25)28(35)21-26-16-17-29(40-23(2)36)32(31(26)27)41-24(3)37/h13-17,28H,7-12,18-22H2,1-6H3/q+1/t28-,35?/m0/s1. The normalized spacial score (nSPS) is 19.1. The lowest BCUT2D eigenvalue weighted by atomic mass is 9.76. The van der Waals surface area contributed by atoms with Crippen LogP contribution in [0.3, 0.4) is 0 Å². The molecule has 41 heavy (non-hydrogen) atoms. The van der Waals surface area contributed by atoms with E-state index >= 15 is 0 Å². The Labute approximate surface area is 244 Å². The highest BCUT2D eigenvalue weighted by atomic mass is 16.6. The summed E-state index contributed by atoms with van der Waals surface area (Å²) in [7, 11) is 2.17. The minimum absolute atomic E-state index is 0.0710. The van der Waals surface area contributed by atoms with E-state index in [-0.39, 0.29) is 23.5 Å². The Kier molecular flexibility index (Phi) is 9.58. The first-order valence-electron chi connectivity index (χ1n) is 15.1. The molecule has 7 nitrogen and oxygen atoms in total. The molecule has 0 saturated heterocycles. The summed E-state index contributed by atoms with van der Waals surface area (Å²) in [4.78, 5) is 37.2. The second kappa shape index (κ2) is 12.8. The van der Waals surface area contributed by atoms with Crippen LogP contribution in [-0.2, 0) is 32.0 Å². The van der Waals surface area contributed by atoms with Crippen molar-refractivity contribution in [2.75, 3.05) is 20.3 Å². The fraction of sp³-hybridized carbons (Fsp3) is 0.559. The van der Waals surface area contributed by atoms with Gasteiger partial charge in [-0.2, -0.15) is 0 Å². The molecule has 1 aliphatic carbocycles. The number of unbranched alkanes of at least 4 members (excludes halogenated alkanes) is 5. The number of quaternary nitrogens is 1. The van der Waals surface area contributed by atoms with Gasteiger partial charge in [0, 0.05) is 37.8 Å². The first kappa shape index (κ1) is 30.8. The molecule has 0 fully saturated rings. The summed E-state index contributed by atoms with van der Waals surface area (Å²) in [5.41, 5.74) is 4.68. The first-order chi connectivity index (χ1) is 19.5. The highest BCUT2D eigenvalue weighted by molar-refractivity contribution is 5.86. The summed E-state index contributed by atoms with van der Waals surface area (Å²) in [6.45, 7) is 10.0. The van der Waals surface area contributed by atoms with Crippen LogP contribution < -0.4 is 9.47 Å². The predicted molar refractivity (Wildman–Crippen MR) is 158 cm³/mol. The maximum absolute atomic E-state index is 13.3. The fourth-order valence-electron chi connectivity index (χ4n) is 6.37. The summed E-state index contributed by atoms with van der Waals surface area (Å²) >= 11 is 0. The zero-order chi connectivity index (χ0) is 29.8. The number of likely N-dealkylation sites (N-methyl/N-ethyl adjacent to an activating group) is 1. The molecule has 0 amide bonds. The van der Waals surface area contributed by atoms with E-state index in [9.17, 15) is 14.4 Å². The van der Waals surface area contributed by atoms with E-state index in [2.05, 4.69) is 20.0 Å². The molecule has 0 spiro atoms. The van der Waals surface area contributed by atoms with Crippen LogP contribution in [0, 0.1) is 5.41 Å². The Balaban J connectivity index is 1.57. The van der Waals surface area contributed by atoms with Gasteiger partial charge in [0.25, 0.3) is 0 Å². The van der Waals surface area contributed by atoms with Gasteiger partial charge in [-0.25, -0.2) is 0 Å². The molecule has 2 atom stereocenters. The molecule has 1 unspecified atom stereocenters. The van der Waals surface area contributed by atoms with Crippen LogP contribution in [0.5, 0.6) is 11.5 Å². The fourth-order valence-corrected chi connectivity index (χ4v) is 6.37. The van der Waals surface area contributed by atoms with E-state index in [1.807, 2.05) is 32.0 Å². The van der Waals surface area contributed by atoms with E-state index in [0.29, 0.717) is 17.6 Å². The smallest absolute Gasteiger partial charge is 0.315 e. The third-order valence-electron chi connectivity index (χ3n) is 8.76. The van der Waals surface area contributed by atoms with Gasteiger partial charge in [0.1, 0.15) is 6.04 Å². The molecule has 2 aromatic carbocycles. The number of rotatable bonds is 12. The number of esters is 3. The highest BCUT2D eigenvalue weighted by Gasteiger charge is 2.45. The molecule has 222 valence electrons. The maximum Gasteiger partial charge on any atom is 0.315 e. The Bertz CT molecular complexity index is 1300. The maximum atomic E-state index is 13.3. The van der Waals surface area contributed by atoms with E-state index in [1.54, 1.807) is 6.07 Å². The van der Waals surface area contributed by atoms with Crippen molar-refractivity contribution in [3.05, 3.63) is 47.0 Å². The number of fused-ring (bicyclic) bond motifs is 2. The number of ether oxygens (including phenoxy) is 3. The lowest BCUT2D eigenvalue weighted by Gasteiger charge is -2.47. The minimum atomic E-state index is -0.520. The number of nitrogens with zero attached hydrogens (tertiary/aromatic N) is 1. The molecule has 0 N–H and O–H groups in total.